The van der Waals surface area contributed by atoms with Crippen molar-refractivity contribution in [1.82, 2.24) is 0 Å². The Balaban J connectivity index is 4.72. The van der Waals surface area contributed by atoms with Crippen LogP contribution in [0.25, 0.3) is 0 Å². The second-order valence-electron chi connectivity index (χ2n) is 9.09. The van der Waals surface area contributed by atoms with Crippen molar-refractivity contribution in [3.63, 3.8) is 0 Å². The van der Waals surface area contributed by atoms with Crippen molar-refractivity contribution in [3.05, 3.63) is 0 Å². The first-order valence-corrected chi connectivity index (χ1v) is 10.7. The maximum absolute atomic E-state index is 12.0. The third kappa shape index (κ3) is 15.9. The Morgan fingerprint density at radius 2 is 0.862 bits per heavy atom. The SMILES string of the molecule is CC(C)COC(=O)CCC(N)(CCC(=O)OCC(C)C)CCC(=O)OCC(C)C. The fourth-order valence-electron chi connectivity index (χ4n) is 2.42. The van der Waals surface area contributed by atoms with E-state index < -0.39 is 5.54 Å². The highest BCUT2D eigenvalue weighted by atomic mass is 16.5. The highest BCUT2D eigenvalue weighted by Crippen LogP contribution is 2.24. The zero-order valence-corrected chi connectivity index (χ0v) is 19.1. The Bertz CT molecular complexity index is 432. The Labute approximate surface area is 176 Å². The van der Waals surface area contributed by atoms with E-state index in [1.807, 2.05) is 41.5 Å². The lowest BCUT2D eigenvalue weighted by molar-refractivity contribution is -0.145. The van der Waals surface area contributed by atoms with Gasteiger partial charge in [0.2, 0.25) is 0 Å². The van der Waals surface area contributed by atoms with E-state index >= 15 is 0 Å². The van der Waals surface area contributed by atoms with Gasteiger partial charge in [-0.25, -0.2) is 0 Å². The minimum Gasteiger partial charge on any atom is -0.465 e. The highest BCUT2D eigenvalue weighted by Gasteiger charge is 2.28. The maximum atomic E-state index is 12.0. The van der Waals surface area contributed by atoms with E-state index in [0.29, 0.717) is 39.1 Å². The molecule has 7 heteroatoms. The minimum atomic E-state index is -0.843. The second kappa shape index (κ2) is 14.4. The second-order valence-corrected chi connectivity index (χ2v) is 9.09. The Morgan fingerprint density at radius 1 is 0.621 bits per heavy atom. The minimum absolute atomic E-state index is 0.144. The van der Waals surface area contributed by atoms with Crippen LogP contribution in [0.15, 0.2) is 0 Å². The van der Waals surface area contributed by atoms with Crippen LogP contribution in [0.4, 0.5) is 0 Å². The van der Waals surface area contributed by atoms with E-state index in [-0.39, 0.29) is 54.9 Å². The van der Waals surface area contributed by atoms with Crippen LogP contribution in [0, 0.1) is 17.8 Å². The predicted molar refractivity (Wildman–Crippen MR) is 112 cm³/mol. The maximum Gasteiger partial charge on any atom is 0.305 e. The molecular formula is C22H41NO6. The molecule has 0 aromatic carbocycles. The van der Waals surface area contributed by atoms with E-state index in [0.717, 1.165) is 0 Å². The lowest BCUT2D eigenvalue weighted by Crippen LogP contribution is -2.41. The van der Waals surface area contributed by atoms with E-state index in [1.165, 1.54) is 0 Å². The number of hydrogen-bond acceptors (Lipinski definition) is 7. The zero-order valence-electron chi connectivity index (χ0n) is 19.1. The van der Waals surface area contributed by atoms with Gasteiger partial charge in [0.25, 0.3) is 0 Å². The van der Waals surface area contributed by atoms with E-state index in [1.54, 1.807) is 0 Å². The number of hydrogen-bond donors (Lipinski definition) is 1. The first-order valence-electron chi connectivity index (χ1n) is 10.7. The normalized spacial score (nSPS) is 11.8. The number of rotatable bonds is 15. The molecule has 0 fully saturated rings. The molecule has 0 heterocycles. The molecule has 0 saturated heterocycles. The van der Waals surface area contributed by atoms with E-state index in [9.17, 15) is 14.4 Å². The zero-order chi connectivity index (χ0) is 22.4. The summed E-state index contributed by atoms with van der Waals surface area (Å²) in [6.45, 7) is 12.9. The summed E-state index contributed by atoms with van der Waals surface area (Å²) in [6.07, 6.45) is 1.43. The van der Waals surface area contributed by atoms with Crippen LogP contribution in [0.5, 0.6) is 0 Å². The largest absolute Gasteiger partial charge is 0.465 e. The van der Waals surface area contributed by atoms with Crippen molar-refractivity contribution in [1.29, 1.82) is 0 Å². The van der Waals surface area contributed by atoms with Gasteiger partial charge in [-0.3, -0.25) is 14.4 Å². The van der Waals surface area contributed by atoms with Crippen LogP contribution in [0.3, 0.4) is 0 Å². The summed E-state index contributed by atoms with van der Waals surface area (Å²) >= 11 is 0. The summed E-state index contributed by atoms with van der Waals surface area (Å²) in [5.74, 6) is -0.191. The van der Waals surface area contributed by atoms with Crippen molar-refractivity contribution in [2.45, 2.75) is 85.6 Å². The average Bonchev–Trinajstić information content (AvgIpc) is 2.64. The van der Waals surface area contributed by atoms with Crippen molar-refractivity contribution >= 4 is 17.9 Å². The molecule has 0 rings (SSSR count). The molecule has 0 aromatic heterocycles. The molecular weight excluding hydrogens is 374 g/mol. The highest BCUT2D eigenvalue weighted by molar-refractivity contribution is 5.71. The molecule has 2 N–H and O–H groups in total. The van der Waals surface area contributed by atoms with Crippen molar-refractivity contribution in [2.75, 3.05) is 19.8 Å². The number of ether oxygens (including phenoxy) is 3. The van der Waals surface area contributed by atoms with Crippen LogP contribution in [-0.2, 0) is 28.6 Å². The van der Waals surface area contributed by atoms with Gasteiger partial charge in [-0.2, -0.15) is 0 Å². The summed E-state index contributed by atoms with van der Waals surface area (Å²) in [5, 5.41) is 0. The van der Waals surface area contributed by atoms with E-state index in [2.05, 4.69) is 0 Å². The third-order valence-corrected chi connectivity index (χ3v) is 4.21. The first-order chi connectivity index (χ1) is 13.4. The summed E-state index contributed by atoms with van der Waals surface area (Å²) < 4.78 is 15.6. The molecule has 0 aliphatic rings. The fraction of sp³-hybridized carbons (Fsp3) is 0.864. The lowest BCUT2D eigenvalue weighted by atomic mass is 9.85. The molecule has 0 amide bonds. The molecule has 0 aliphatic heterocycles. The number of carbonyl (C=O) groups excluding carboxylic acids is 3. The van der Waals surface area contributed by atoms with Crippen molar-refractivity contribution < 1.29 is 28.6 Å². The van der Waals surface area contributed by atoms with Gasteiger partial charge in [0.1, 0.15) is 0 Å². The molecule has 7 nitrogen and oxygen atoms in total. The van der Waals surface area contributed by atoms with Crippen molar-refractivity contribution in [3.8, 4) is 0 Å². The van der Waals surface area contributed by atoms with Crippen molar-refractivity contribution in [2.24, 2.45) is 23.5 Å². The molecule has 0 bridgehead atoms. The molecule has 0 radical (unpaired) electrons. The van der Waals surface area contributed by atoms with Gasteiger partial charge in [-0.05, 0) is 37.0 Å². The number of esters is 3. The molecule has 0 aliphatic carbocycles. The van der Waals surface area contributed by atoms with Gasteiger partial charge in [0.15, 0.2) is 0 Å². The van der Waals surface area contributed by atoms with Gasteiger partial charge in [-0.15, -0.1) is 0 Å². The molecule has 29 heavy (non-hydrogen) atoms. The lowest BCUT2D eigenvalue weighted by Gasteiger charge is -2.29. The van der Waals surface area contributed by atoms with Crippen LogP contribution in [-0.4, -0.2) is 43.3 Å². The van der Waals surface area contributed by atoms with Gasteiger partial charge in [0.05, 0.1) is 19.8 Å². The Kier molecular flexibility index (Phi) is 13.6. The summed E-state index contributed by atoms with van der Waals surface area (Å²) in [7, 11) is 0. The number of nitrogens with two attached hydrogens (primary N) is 1. The summed E-state index contributed by atoms with van der Waals surface area (Å²) in [5.41, 5.74) is 5.64. The number of carbonyl (C=O) groups is 3. The van der Waals surface area contributed by atoms with Gasteiger partial charge in [-0.1, -0.05) is 41.5 Å². The molecule has 0 atom stereocenters. The Morgan fingerprint density at radius 3 is 1.07 bits per heavy atom. The molecule has 0 saturated carbocycles. The van der Waals surface area contributed by atoms with Crippen LogP contribution >= 0.6 is 0 Å². The summed E-state index contributed by atoms with van der Waals surface area (Å²) in [6, 6.07) is 0. The van der Waals surface area contributed by atoms with Gasteiger partial charge < -0.3 is 19.9 Å². The van der Waals surface area contributed by atoms with Crippen LogP contribution in [0.1, 0.15) is 80.1 Å². The monoisotopic (exact) mass is 415 g/mol. The molecule has 0 unspecified atom stereocenters. The molecule has 0 aromatic rings. The van der Waals surface area contributed by atoms with Crippen LogP contribution in [0.2, 0.25) is 0 Å². The first kappa shape index (κ1) is 27.4. The van der Waals surface area contributed by atoms with Gasteiger partial charge in [0, 0.05) is 24.8 Å². The Hall–Kier alpha value is -1.63. The quantitative estimate of drug-likeness (QED) is 0.322. The standard InChI is InChI=1S/C22H41NO6/c1-16(2)13-27-19(24)7-10-22(23,11-8-20(25)28-14-17(3)4)12-9-21(26)29-15-18(5)6/h16-18H,7-15,23H2,1-6H3. The topological polar surface area (TPSA) is 105 Å². The summed E-state index contributed by atoms with van der Waals surface area (Å²) in [4.78, 5) is 35.9. The van der Waals surface area contributed by atoms with Gasteiger partial charge >= 0.3 is 17.9 Å². The molecule has 170 valence electrons. The third-order valence-electron chi connectivity index (χ3n) is 4.21. The predicted octanol–water partition coefficient (Wildman–Crippen LogP) is 3.62. The molecule has 0 spiro atoms. The van der Waals surface area contributed by atoms with Crippen LogP contribution < -0.4 is 5.73 Å². The van der Waals surface area contributed by atoms with E-state index in [4.69, 9.17) is 19.9 Å². The fourth-order valence-corrected chi connectivity index (χ4v) is 2.42. The smallest absolute Gasteiger partial charge is 0.305 e. The average molecular weight is 416 g/mol.